The summed E-state index contributed by atoms with van der Waals surface area (Å²) in [4.78, 5) is 9.98. The summed E-state index contributed by atoms with van der Waals surface area (Å²) in [6.45, 7) is 0. The number of halogens is 3. The van der Waals surface area contributed by atoms with Crippen LogP contribution < -0.4 is 11.1 Å². The second kappa shape index (κ2) is 6.07. The van der Waals surface area contributed by atoms with Gasteiger partial charge in [-0.3, -0.25) is 0 Å². The third-order valence-electron chi connectivity index (χ3n) is 4.92. The zero-order chi connectivity index (χ0) is 19.4. The van der Waals surface area contributed by atoms with Crippen molar-refractivity contribution >= 4 is 33.1 Å². The zero-order valence-corrected chi connectivity index (χ0v) is 15.2. The minimum atomic E-state index is -4.26. The first-order valence-electron chi connectivity index (χ1n) is 8.33. The minimum Gasteiger partial charge on any atom is -0.396 e. The van der Waals surface area contributed by atoms with Crippen molar-refractivity contribution < 1.29 is 18.3 Å². The zero-order valence-electron chi connectivity index (χ0n) is 14.3. The number of nitrogen functional groups attached to an aromatic ring is 1. The van der Waals surface area contributed by atoms with Crippen LogP contribution in [0, 0.1) is 5.92 Å². The number of aliphatic hydroxyl groups is 1. The summed E-state index contributed by atoms with van der Waals surface area (Å²) < 4.78 is 38.3. The maximum absolute atomic E-state index is 12.8. The number of thiophene rings is 1. The van der Waals surface area contributed by atoms with E-state index in [9.17, 15) is 18.3 Å². The lowest BCUT2D eigenvalue weighted by atomic mass is 9.69. The quantitative estimate of drug-likeness (QED) is 0.622. The predicted molar refractivity (Wildman–Crippen MR) is 99.5 cm³/mol. The Kier molecular flexibility index (Phi) is 4.04. The first-order chi connectivity index (χ1) is 12.7. The number of hydrogen-bond acceptors (Lipinski definition) is 6. The van der Waals surface area contributed by atoms with Gasteiger partial charge in [-0.1, -0.05) is 0 Å². The van der Waals surface area contributed by atoms with E-state index in [4.69, 9.17) is 5.73 Å². The summed E-state index contributed by atoms with van der Waals surface area (Å²) in [5, 5.41) is 14.2. The summed E-state index contributed by atoms with van der Waals surface area (Å²) >= 11 is 1.22. The fourth-order valence-corrected chi connectivity index (χ4v) is 4.47. The van der Waals surface area contributed by atoms with Gasteiger partial charge >= 0.3 is 6.18 Å². The molecule has 0 atom stereocenters. The number of anilines is 2. The van der Waals surface area contributed by atoms with Crippen LogP contribution >= 0.6 is 11.3 Å². The van der Waals surface area contributed by atoms with Crippen LogP contribution in [0.25, 0.3) is 21.5 Å². The van der Waals surface area contributed by atoms with Crippen LogP contribution in [0.1, 0.15) is 17.7 Å². The number of fused-ring (bicyclic) bond motifs is 1. The molecule has 1 aliphatic rings. The Morgan fingerprint density at radius 2 is 2.04 bits per heavy atom. The fourth-order valence-electron chi connectivity index (χ4n) is 3.33. The standard InChI is InChI=1S/C18H17F3N4OS/c1-23-15-12(22)4-10(8-24-15)13-3-2-9-5-14(27-16(9)25-13)17(26)6-11(7-17)18(19,20)21/h2-5,8,11,26H,6-7,22H2,1H3,(H,23,24). The lowest BCUT2D eigenvalue weighted by molar-refractivity contribution is -0.241. The number of rotatable bonds is 3. The van der Waals surface area contributed by atoms with Gasteiger partial charge in [0.25, 0.3) is 0 Å². The van der Waals surface area contributed by atoms with Gasteiger partial charge in [-0.15, -0.1) is 11.3 Å². The lowest BCUT2D eigenvalue weighted by Crippen LogP contribution is -2.46. The Balaban J connectivity index is 1.64. The Morgan fingerprint density at radius 1 is 1.30 bits per heavy atom. The van der Waals surface area contributed by atoms with Crippen molar-refractivity contribution in [3.63, 3.8) is 0 Å². The van der Waals surface area contributed by atoms with E-state index in [1.165, 1.54) is 11.3 Å². The molecular formula is C18H17F3N4OS. The number of alkyl halides is 3. The van der Waals surface area contributed by atoms with Crippen LogP contribution in [0.15, 0.2) is 30.5 Å². The van der Waals surface area contributed by atoms with Crippen molar-refractivity contribution in [1.82, 2.24) is 9.97 Å². The second-order valence-electron chi connectivity index (χ2n) is 6.79. The van der Waals surface area contributed by atoms with Gasteiger partial charge in [0.1, 0.15) is 16.2 Å². The number of nitrogens with two attached hydrogens (primary N) is 1. The highest BCUT2D eigenvalue weighted by Gasteiger charge is 2.56. The van der Waals surface area contributed by atoms with Crippen molar-refractivity contribution in [3.8, 4) is 11.3 Å². The average Bonchev–Trinajstić information content (AvgIpc) is 3.01. The van der Waals surface area contributed by atoms with Crippen LogP contribution in [0.3, 0.4) is 0 Å². The summed E-state index contributed by atoms with van der Waals surface area (Å²) in [7, 11) is 1.73. The Bertz CT molecular complexity index is 1010. The predicted octanol–water partition coefficient (Wildman–Crippen LogP) is 4.14. The molecule has 142 valence electrons. The molecule has 0 aliphatic heterocycles. The molecule has 0 spiro atoms. The van der Waals surface area contributed by atoms with Crippen LogP contribution in [0.5, 0.6) is 0 Å². The Morgan fingerprint density at radius 3 is 2.67 bits per heavy atom. The highest BCUT2D eigenvalue weighted by atomic mass is 32.1. The maximum Gasteiger partial charge on any atom is 0.392 e. The van der Waals surface area contributed by atoms with Gasteiger partial charge in [0.15, 0.2) is 0 Å². The van der Waals surface area contributed by atoms with E-state index in [1.807, 2.05) is 6.07 Å². The molecule has 0 amide bonds. The van der Waals surface area contributed by atoms with Crippen molar-refractivity contribution in [3.05, 3.63) is 35.3 Å². The van der Waals surface area contributed by atoms with Gasteiger partial charge in [0, 0.05) is 29.1 Å². The molecule has 0 unspecified atom stereocenters. The number of aromatic nitrogens is 2. The van der Waals surface area contributed by atoms with Crippen LogP contribution in [-0.4, -0.2) is 28.3 Å². The number of pyridine rings is 2. The smallest absolute Gasteiger partial charge is 0.392 e. The molecule has 3 aromatic heterocycles. The molecule has 0 aromatic carbocycles. The first kappa shape index (κ1) is 18.0. The summed E-state index contributed by atoms with van der Waals surface area (Å²) in [6.07, 6.45) is -3.22. The van der Waals surface area contributed by atoms with E-state index in [1.54, 1.807) is 31.4 Å². The molecule has 1 saturated carbocycles. The largest absolute Gasteiger partial charge is 0.396 e. The summed E-state index contributed by atoms with van der Waals surface area (Å²) in [6, 6.07) is 7.12. The van der Waals surface area contributed by atoms with Gasteiger partial charge in [-0.25, -0.2) is 9.97 Å². The van der Waals surface area contributed by atoms with Crippen molar-refractivity contribution in [2.45, 2.75) is 24.6 Å². The molecule has 9 heteroatoms. The summed E-state index contributed by atoms with van der Waals surface area (Å²) in [5.41, 5.74) is 6.41. The molecule has 27 heavy (non-hydrogen) atoms. The van der Waals surface area contributed by atoms with Gasteiger partial charge in [-0.2, -0.15) is 13.2 Å². The van der Waals surface area contributed by atoms with E-state index in [0.717, 1.165) is 10.9 Å². The molecule has 0 bridgehead atoms. The van der Waals surface area contributed by atoms with Gasteiger partial charge in [-0.05, 0) is 37.1 Å². The Labute approximate surface area is 157 Å². The summed E-state index contributed by atoms with van der Waals surface area (Å²) in [5.74, 6) is -0.874. The Hall–Kier alpha value is -2.39. The van der Waals surface area contributed by atoms with E-state index in [-0.39, 0.29) is 12.8 Å². The molecule has 4 rings (SSSR count). The second-order valence-corrected chi connectivity index (χ2v) is 7.82. The van der Waals surface area contributed by atoms with Gasteiger partial charge < -0.3 is 16.2 Å². The molecule has 0 saturated heterocycles. The maximum atomic E-state index is 12.8. The molecule has 3 heterocycles. The van der Waals surface area contributed by atoms with E-state index in [2.05, 4.69) is 15.3 Å². The number of nitrogens with one attached hydrogen (secondary N) is 1. The molecule has 1 fully saturated rings. The lowest BCUT2D eigenvalue weighted by Gasteiger charge is -2.43. The third-order valence-corrected chi connectivity index (χ3v) is 6.16. The molecule has 5 nitrogen and oxygen atoms in total. The molecular weight excluding hydrogens is 377 g/mol. The number of hydrogen-bond donors (Lipinski definition) is 3. The topological polar surface area (TPSA) is 84.1 Å². The molecule has 3 aromatic rings. The van der Waals surface area contributed by atoms with Crippen molar-refractivity contribution in [1.29, 1.82) is 0 Å². The van der Waals surface area contributed by atoms with E-state index in [0.29, 0.717) is 26.9 Å². The molecule has 1 aliphatic carbocycles. The monoisotopic (exact) mass is 394 g/mol. The molecule has 0 radical (unpaired) electrons. The SMILES string of the molecule is CNc1ncc(-c2ccc3cc(C4(O)CC(C(F)(F)F)C4)sc3n2)cc1N. The van der Waals surface area contributed by atoms with Crippen LogP contribution in [0.4, 0.5) is 24.7 Å². The highest BCUT2D eigenvalue weighted by Crippen LogP contribution is 2.54. The van der Waals surface area contributed by atoms with Gasteiger partial charge in [0.2, 0.25) is 0 Å². The van der Waals surface area contributed by atoms with Crippen molar-refractivity contribution in [2.75, 3.05) is 18.1 Å². The van der Waals surface area contributed by atoms with E-state index < -0.39 is 17.7 Å². The fraction of sp³-hybridized carbons (Fsp3) is 0.333. The average molecular weight is 394 g/mol. The normalized spacial score (nSPS) is 22.6. The third kappa shape index (κ3) is 3.10. The van der Waals surface area contributed by atoms with Gasteiger partial charge in [0.05, 0.1) is 17.3 Å². The van der Waals surface area contributed by atoms with Crippen LogP contribution in [-0.2, 0) is 5.60 Å². The number of nitrogens with zero attached hydrogens (tertiary/aromatic N) is 2. The molecule has 4 N–H and O–H groups in total. The van der Waals surface area contributed by atoms with E-state index >= 15 is 0 Å². The van der Waals surface area contributed by atoms with Crippen LogP contribution in [0.2, 0.25) is 0 Å². The highest BCUT2D eigenvalue weighted by molar-refractivity contribution is 7.18. The van der Waals surface area contributed by atoms with Crippen molar-refractivity contribution in [2.24, 2.45) is 5.92 Å². The minimum absolute atomic E-state index is 0.303. The first-order valence-corrected chi connectivity index (χ1v) is 9.15.